The quantitative estimate of drug-likeness (QED) is 0.850. The Morgan fingerprint density at radius 2 is 2.35 bits per heavy atom. The van der Waals surface area contributed by atoms with E-state index in [1.165, 1.54) is 25.8 Å². The van der Waals surface area contributed by atoms with Crippen molar-refractivity contribution in [3.8, 4) is 0 Å². The molecule has 0 aliphatic carbocycles. The molecule has 0 saturated carbocycles. The summed E-state index contributed by atoms with van der Waals surface area (Å²) in [7, 11) is 2.23. The Bertz CT molecular complexity index is 334. The van der Waals surface area contributed by atoms with E-state index >= 15 is 0 Å². The monoisotopic (exact) mass is 236 g/mol. The molecular weight excluding hydrogens is 212 g/mol. The van der Waals surface area contributed by atoms with Crippen LogP contribution in [0.5, 0.6) is 0 Å². The van der Waals surface area contributed by atoms with E-state index in [2.05, 4.69) is 39.9 Å². The molecule has 0 radical (unpaired) electrons. The molecule has 4 nitrogen and oxygen atoms in total. The van der Waals surface area contributed by atoms with Gasteiger partial charge in [0.15, 0.2) is 0 Å². The largest absolute Gasteiger partial charge is 0.354 e. The van der Waals surface area contributed by atoms with E-state index in [0.29, 0.717) is 6.04 Å². The summed E-state index contributed by atoms with van der Waals surface area (Å²) < 4.78 is 2.20. The van der Waals surface area contributed by atoms with Crippen LogP contribution in [0.3, 0.4) is 0 Å². The van der Waals surface area contributed by atoms with Crippen molar-refractivity contribution in [2.75, 3.05) is 25.5 Å². The summed E-state index contributed by atoms with van der Waals surface area (Å²) in [5, 5.41) is 3.49. The minimum absolute atomic E-state index is 0.663. The SMILES string of the molecule is CCCn1ccnc1NCC1CCCCN1C. The second-order valence-electron chi connectivity index (χ2n) is 4.96. The molecule has 1 aliphatic rings. The van der Waals surface area contributed by atoms with Crippen molar-refractivity contribution in [1.29, 1.82) is 0 Å². The summed E-state index contributed by atoms with van der Waals surface area (Å²) in [5.41, 5.74) is 0. The molecule has 1 aliphatic heterocycles. The minimum Gasteiger partial charge on any atom is -0.354 e. The first-order chi connectivity index (χ1) is 8.31. The van der Waals surface area contributed by atoms with Crippen molar-refractivity contribution in [3.63, 3.8) is 0 Å². The first-order valence-corrected chi connectivity index (χ1v) is 6.76. The number of likely N-dealkylation sites (N-methyl/N-ethyl adjacent to an activating group) is 1. The number of hydrogen-bond acceptors (Lipinski definition) is 3. The average molecular weight is 236 g/mol. The Morgan fingerprint density at radius 1 is 1.47 bits per heavy atom. The third-order valence-corrected chi connectivity index (χ3v) is 3.60. The van der Waals surface area contributed by atoms with E-state index in [1.807, 2.05) is 6.20 Å². The number of anilines is 1. The molecule has 1 saturated heterocycles. The maximum atomic E-state index is 4.38. The van der Waals surface area contributed by atoms with E-state index in [9.17, 15) is 0 Å². The molecule has 1 aromatic rings. The molecule has 0 spiro atoms. The van der Waals surface area contributed by atoms with Crippen molar-refractivity contribution in [1.82, 2.24) is 14.5 Å². The lowest BCUT2D eigenvalue weighted by Gasteiger charge is -2.32. The summed E-state index contributed by atoms with van der Waals surface area (Å²) in [6.45, 7) is 5.48. The van der Waals surface area contributed by atoms with Gasteiger partial charge in [0.05, 0.1) is 0 Å². The van der Waals surface area contributed by atoms with Crippen LogP contribution in [-0.2, 0) is 6.54 Å². The van der Waals surface area contributed by atoms with Gasteiger partial charge in [-0.1, -0.05) is 13.3 Å². The minimum atomic E-state index is 0.663. The standard InChI is InChI=1S/C13H24N4/c1-3-8-17-10-7-14-13(17)15-11-12-6-4-5-9-16(12)2/h7,10,12H,3-6,8-9,11H2,1-2H3,(H,14,15). The second kappa shape index (κ2) is 6.05. The zero-order chi connectivity index (χ0) is 12.1. The molecule has 17 heavy (non-hydrogen) atoms. The number of imidazole rings is 1. The highest BCUT2D eigenvalue weighted by Gasteiger charge is 2.18. The smallest absolute Gasteiger partial charge is 0.202 e. The van der Waals surface area contributed by atoms with E-state index < -0.39 is 0 Å². The van der Waals surface area contributed by atoms with Crippen molar-refractivity contribution < 1.29 is 0 Å². The molecule has 1 N–H and O–H groups in total. The normalized spacial score (nSPS) is 21.6. The number of aryl methyl sites for hydroxylation is 1. The van der Waals surface area contributed by atoms with E-state index in [1.54, 1.807) is 0 Å². The zero-order valence-electron chi connectivity index (χ0n) is 11.0. The molecule has 96 valence electrons. The Labute approximate surface area is 104 Å². The van der Waals surface area contributed by atoms with Gasteiger partial charge in [0.25, 0.3) is 0 Å². The third-order valence-electron chi connectivity index (χ3n) is 3.60. The van der Waals surface area contributed by atoms with Gasteiger partial charge >= 0.3 is 0 Å². The van der Waals surface area contributed by atoms with Crippen LogP contribution in [-0.4, -0.2) is 40.6 Å². The highest BCUT2D eigenvalue weighted by Crippen LogP contribution is 2.15. The summed E-state index contributed by atoms with van der Waals surface area (Å²) in [4.78, 5) is 6.84. The summed E-state index contributed by atoms with van der Waals surface area (Å²) in [6.07, 6.45) is 9.09. The van der Waals surface area contributed by atoms with Gasteiger partial charge in [0.2, 0.25) is 5.95 Å². The van der Waals surface area contributed by atoms with Gasteiger partial charge in [-0.05, 0) is 32.9 Å². The van der Waals surface area contributed by atoms with Crippen LogP contribution in [0.2, 0.25) is 0 Å². The molecule has 2 rings (SSSR count). The number of hydrogen-bond donors (Lipinski definition) is 1. The molecular formula is C13H24N4. The molecule has 0 aromatic carbocycles. The van der Waals surface area contributed by atoms with Gasteiger partial charge in [-0.2, -0.15) is 0 Å². The van der Waals surface area contributed by atoms with Crippen molar-refractivity contribution in [2.45, 2.75) is 45.2 Å². The molecule has 1 atom stereocenters. The fraction of sp³-hybridized carbons (Fsp3) is 0.769. The fourth-order valence-corrected chi connectivity index (χ4v) is 2.51. The van der Waals surface area contributed by atoms with Gasteiger partial charge in [0.1, 0.15) is 0 Å². The van der Waals surface area contributed by atoms with Gasteiger partial charge in [-0.15, -0.1) is 0 Å². The average Bonchev–Trinajstić information content (AvgIpc) is 2.76. The Kier molecular flexibility index (Phi) is 4.42. The number of aromatic nitrogens is 2. The van der Waals surface area contributed by atoms with Gasteiger partial charge in [-0.3, -0.25) is 0 Å². The molecule has 1 aromatic heterocycles. The van der Waals surface area contributed by atoms with Crippen LogP contribution < -0.4 is 5.32 Å². The maximum absolute atomic E-state index is 4.38. The number of rotatable bonds is 5. The Balaban J connectivity index is 1.86. The first-order valence-electron chi connectivity index (χ1n) is 6.76. The summed E-state index contributed by atoms with van der Waals surface area (Å²) >= 11 is 0. The van der Waals surface area contributed by atoms with Crippen molar-refractivity contribution in [2.24, 2.45) is 0 Å². The van der Waals surface area contributed by atoms with Crippen molar-refractivity contribution >= 4 is 5.95 Å². The predicted molar refractivity (Wildman–Crippen MR) is 71.3 cm³/mol. The van der Waals surface area contributed by atoms with Gasteiger partial charge < -0.3 is 14.8 Å². The number of nitrogens with one attached hydrogen (secondary N) is 1. The maximum Gasteiger partial charge on any atom is 0.202 e. The van der Waals surface area contributed by atoms with E-state index in [0.717, 1.165) is 25.5 Å². The summed E-state index contributed by atoms with van der Waals surface area (Å²) in [6, 6.07) is 0.663. The van der Waals surface area contributed by atoms with Crippen LogP contribution >= 0.6 is 0 Å². The highest BCUT2D eigenvalue weighted by molar-refractivity contribution is 5.26. The lowest BCUT2D eigenvalue weighted by Crippen LogP contribution is -2.41. The zero-order valence-corrected chi connectivity index (χ0v) is 11.0. The van der Waals surface area contributed by atoms with Gasteiger partial charge in [-0.25, -0.2) is 4.98 Å². The third kappa shape index (κ3) is 3.22. The van der Waals surface area contributed by atoms with E-state index in [4.69, 9.17) is 0 Å². The molecule has 4 heteroatoms. The van der Waals surface area contributed by atoms with Gasteiger partial charge in [0, 0.05) is 31.5 Å². The fourth-order valence-electron chi connectivity index (χ4n) is 2.51. The Hall–Kier alpha value is -1.03. The van der Waals surface area contributed by atoms with Crippen LogP contribution in [0.1, 0.15) is 32.6 Å². The number of nitrogens with zero attached hydrogens (tertiary/aromatic N) is 3. The molecule has 0 bridgehead atoms. The number of likely N-dealkylation sites (tertiary alicyclic amines) is 1. The van der Waals surface area contributed by atoms with E-state index in [-0.39, 0.29) is 0 Å². The molecule has 1 fully saturated rings. The molecule has 2 heterocycles. The van der Waals surface area contributed by atoms with Crippen molar-refractivity contribution in [3.05, 3.63) is 12.4 Å². The van der Waals surface area contributed by atoms with Crippen LogP contribution in [0, 0.1) is 0 Å². The molecule has 1 unspecified atom stereocenters. The van der Waals surface area contributed by atoms with Crippen LogP contribution in [0.25, 0.3) is 0 Å². The lowest BCUT2D eigenvalue weighted by molar-refractivity contribution is 0.194. The Morgan fingerprint density at radius 3 is 3.12 bits per heavy atom. The molecule has 0 amide bonds. The summed E-state index contributed by atoms with van der Waals surface area (Å²) in [5.74, 6) is 1.02. The topological polar surface area (TPSA) is 33.1 Å². The lowest BCUT2D eigenvalue weighted by atomic mass is 10.0. The number of piperidine rings is 1. The second-order valence-corrected chi connectivity index (χ2v) is 4.96. The predicted octanol–water partition coefficient (Wildman–Crippen LogP) is 2.19. The highest BCUT2D eigenvalue weighted by atomic mass is 15.2. The van der Waals surface area contributed by atoms with Crippen LogP contribution in [0.15, 0.2) is 12.4 Å². The van der Waals surface area contributed by atoms with Crippen LogP contribution in [0.4, 0.5) is 5.95 Å². The first kappa shape index (κ1) is 12.4.